The van der Waals surface area contributed by atoms with Gasteiger partial charge in [0.15, 0.2) is 5.88 Å². The first-order valence-corrected chi connectivity index (χ1v) is 7.81. The predicted molar refractivity (Wildman–Crippen MR) is 97.2 cm³/mol. The van der Waals surface area contributed by atoms with Crippen LogP contribution in [0.5, 0.6) is 5.88 Å². The van der Waals surface area contributed by atoms with Gasteiger partial charge < -0.3 is 10.4 Å². The zero-order valence-corrected chi connectivity index (χ0v) is 13.3. The van der Waals surface area contributed by atoms with E-state index in [4.69, 9.17) is 0 Å². The Morgan fingerprint density at radius 2 is 1.67 bits per heavy atom. The molecule has 2 aromatic heterocycles. The van der Waals surface area contributed by atoms with Gasteiger partial charge in [-0.25, -0.2) is 4.98 Å². The van der Waals surface area contributed by atoms with Gasteiger partial charge >= 0.3 is 0 Å². The van der Waals surface area contributed by atoms with Gasteiger partial charge in [-0.1, -0.05) is 35.9 Å². The number of aryl methyl sites for hydroxylation is 1. The number of anilines is 2. The third-order valence-electron chi connectivity index (χ3n) is 3.97. The maximum Gasteiger partial charge on any atom is 0.197 e. The number of pyridine rings is 1. The van der Waals surface area contributed by atoms with E-state index < -0.39 is 0 Å². The van der Waals surface area contributed by atoms with Gasteiger partial charge in [0, 0.05) is 17.1 Å². The van der Waals surface area contributed by atoms with Crippen molar-refractivity contribution >= 4 is 22.5 Å². The summed E-state index contributed by atoms with van der Waals surface area (Å²) in [4.78, 5) is 4.68. The maximum absolute atomic E-state index is 10.3. The van der Waals surface area contributed by atoms with Crippen LogP contribution in [0, 0.1) is 6.92 Å². The van der Waals surface area contributed by atoms with Crippen molar-refractivity contribution < 1.29 is 5.11 Å². The molecular formula is C20H17N3O. The second kappa shape index (κ2) is 5.74. The molecule has 0 unspecified atom stereocenters. The molecule has 0 aliphatic heterocycles. The second-order valence-electron chi connectivity index (χ2n) is 5.77. The van der Waals surface area contributed by atoms with Crippen LogP contribution in [0.3, 0.4) is 0 Å². The summed E-state index contributed by atoms with van der Waals surface area (Å²) in [6.45, 7) is 2.04. The molecule has 0 atom stereocenters. The molecule has 0 radical (unpaired) electrons. The Bertz CT molecular complexity index is 989. The van der Waals surface area contributed by atoms with Crippen molar-refractivity contribution in [3.63, 3.8) is 0 Å². The first-order chi connectivity index (χ1) is 11.7. The highest BCUT2D eigenvalue weighted by atomic mass is 16.3. The van der Waals surface area contributed by atoms with Gasteiger partial charge in [-0.15, -0.1) is 0 Å². The molecule has 4 rings (SSSR count). The highest BCUT2D eigenvalue weighted by molar-refractivity contribution is 5.83. The molecule has 24 heavy (non-hydrogen) atoms. The van der Waals surface area contributed by atoms with Crippen molar-refractivity contribution in [1.82, 2.24) is 9.55 Å². The minimum Gasteiger partial charge on any atom is -0.494 e. The Hall–Kier alpha value is -3.27. The van der Waals surface area contributed by atoms with Gasteiger partial charge in [0.25, 0.3) is 0 Å². The lowest BCUT2D eigenvalue weighted by atomic mass is 10.2. The number of nitrogens with zero attached hydrogens (tertiary/aromatic N) is 2. The first-order valence-electron chi connectivity index (χ1n) is 7.81. The summed E-state index contributed by atoms with van der Waals surface area (Å²) < 4.78 is 1.75. The molecular weight excluding hydrogens is 298 g/mol. The molecule has 4 nitrogen and oxygen atoms in total. The molecule has 0 fully saturated rings. The standard InChI is InChI=1S/C20H17N3O/c1-14-7-10-17(11-8-14)23-19(24)13-15-9-12-18(22-20(15)23)21-16-5-3-2-4-6-16/h2-13,24H,1H3,(H,21,22). The SMILES string of the molecule is Cc1ccc(-n2c(O)cc3ccc(Nc4ccccc4)nc32)cc1. The number of benzene rings is 2. The van der Waals surface area contributed by atoms with Gasteiger partial charge in [-0.3, -0.25) is 4.57 Å². The smallest absolute Gasteiger partial charge is 0.197 e. The van der Waals surface area contributed by atoms with Crippen LogP contribution in [0.25, 0.3) is 16.7 Å². The van der Waals surface area contributed by atoms with E-state index >= 15 is 0 Å². The number of rotatable bonds is 3. The number of fused-ring (bicyclic) bond motifs is 1. The third-order valence-corrected chi connectivity index (χ3v) is 3.97. The number of nitrogens with one attached hydrogen (secondary N) is 1. The van der Waals surface area contributed by atoms with Crippen molar-refractivity contribution in [2.24, 2.45) is 0 Å². The fraction of sp³-hybridized carbons (Fsp3) is 0.0500. The normalized spacial score (nSPS) is 10.9. The molecule has 0 saturated heterocycles. The van der Waals surface area contributed by atoms with Crippen LogP contribution in [0.1, 0.15) is 5.56 Å². The fourth-order valence-electron chi connectivity index (χ4n) is 2.75. The Labute approximate surface area is 140 Å². The zero-order chi connectivity index (χ0) is 16.5. The number of hydrogen-bond acceptors (Lipinski definition) is 3. The maximum atomic E-state index is 10.3. The number of para-hydroxylation sites is 1. The number of aromatic nitrogens is 2. The van der Waals surface area contributed by atoms with Crippen LogP contribution < -0.4 is 5.32 Å². The summed E-state index contributed by atoms with van der Waals surface area (Å²) in [5, 5.41) is 14.5. The van der Waals surface area contributed by atoms with E-state index in [9.17, 15) is 5.11 Å². The van der Waals surface area contributed by atoms with E-state index in [1.54, 1.807) is 10.6 Å². The molecule has 4 heteroatoms. The lowest BCUT2D eigenvalue weighted by Gasteiger charge is -2.09. The molecule has 0 saturated carbocycles. The Morgan fingerprint density at radius 1 is 0.917 bits per heavy atom. The van der Waals surface area contributed by atoms with E-state index in [0.29, 0.717) is 0 Å². The number of aromatic hydroxyl groups is 1. The molecule has 2 N–H and O–H groups in total. The van der Waals surface area contributed by atoms with Crippen molar-refractivity contribution in [2.45, 2.75) is 6.92 Å². The third kappa shape index (κ3) is 2.58. The average Bonchev–Trinajstić information content (AvgIpc) is 2.92. The van der Waals surface area contributed by atoms with Crippen LogP contribution >= 0.6 is 0 Å². The van der Waals surface area contributed by atoms with Crippen molar-refractivity contribution in [2.75, 3.05) is 5.32 Å². The summed E-state index contributed by atoms with van der Waals surface area (Å²) in [6.07, 6.45) is 0. The van der Waals surface area contributed by atoms with Gasteiger partial charge in [0.05, 0.1) is 5.69 Å². The fourth-order valence-corrected chi connectivity index (χ4v) is 2.75. The monoisotopic (exact) mass is 315 g/mol. The van der Waals surface area contributed by atoms with Crippen LogP contribution in [0.4, 0.5) is 11.5 Å². The number of hydrogen-bond donors (Lipinski definition) is 2. The van der Waals surface area contributed by atoms with E-state index in [0.717, 1.165) is 28.2 Å². The molecule has 0 spiro atoms. The van der Waals surface area contributed by atoms with Crippen molar-refractivity contribution in [3.05, 3.63) is 78.4 Å². The topological polar surface area (TPSA) is 50.1 Å². The Morgan fingerprint density at radius 3 is 2.42 bits per heavy atom. The molecule has 118 valence electrons. The summed E-state index contributed by atoms with van der Waals surface area (Å²) in [5.74, 6) is 0.915. The highest BCUT2D eigenvalue weighted by Crippen LogP contribution is 2.29. The van der Waals surface area contributed by atoms with Crippen molar-refractivity contribution in [3.8, 4) is 11.6 Å². The van der Waals surface area contributed by atoms with E-state index in [-0.39, 0.29) is 5.88 Å². The van der Waals surface area contributed by atoms with Crippen molar-refractivity contribution in [1.29, 1.82) is 0 Å². The average molecular weight is 315 g/mol. The molecule has 2 aromatic carbocycles. The molecule has 0 amide bonds. The molecule has 0 bridgehead atoms. The summed E-state index contributed by atoms with van der Waals surface area (Å²) in [5.41, 5.74) is 3.76. The molecule has 4 aromatic rings. The Balaban J connectivity index is 1.81. The van der Waals surface area contributed by atoms with Crippen LogP contribution in [0.2, 0.25) is 0 Å². The van der Waals surface area contributed by atoms with E-state index in [1.165, 1.54) is 5.56 Å². The molecule has 2 heterocycles. The summed E-state index contributed by atoms with van der Waals surface area (Å²) in [7, 11) is 0. The minimum absolute atomic E-state index is 0.179. The zero-order valence-electron chi connectivity index (χ0n) is 13.3. The van der Waals surface area contributed by atoms with Gasteiger partial charge in [0.2, 0.25) is 0 Å². The largest absolute Gasteiger partial charge is 0.494 e. The summed E-state index contributed by atoms with van der Waals surface area (Å²) >= 11 is 0. The summed E-state index contributed by atoms with van der Waals surface area (Å²) in [6, 6.07) is 23.5. The van der Waals surface area contributed by atoms with Gasteiger partial charge in [-0.05, 0) is 43.3 Å². The van der Waals surface area contributed by atoms with E-state index in [2.05, 4.69) is 10.3 Å². The second-order valence-corrected chi connectivity index (χ2v) is 5.77. The van der Waals surface area contributed by atoms with Crippen LogP contribution in [-0.2, 0) is 0 Å². The molecule has 0 aliphatic carbocycles. The lowest BCUT2D eigenvalue weighted by molar-refractivity contribution is 0.445. The predicted octanol–water partition coefficient (Wildman–Crippen LogP) is 4.78. The van der Waals surface area contributed by atoms with Crippen LogP contribution in [-0.4, -0.2) is 14.7 Å². The van der Waals surface area contributed by atoms with E-state index in [1.807, 2.05) is 73.7 Å². The van der Waals surface area contributed by atoms with Gasteiger partial charge in [0.1, 0.15) is 11.5 Å². The first kappa shape index (κ1) is 14.3. The Kier molecular flexibility index (Phi) is 3.43. The molecule has 0 aliphatic rings. The lowest BCUT2D eigenvalue weighted by Crippen LogP contribution is -1.98. The quantitative estimate of drug-likeness (QED) is 0.572. The van der Waals surface area contributed by atoms with Gasteiger partial charge in [-0.2, -0.15) is 0 Å². The highest BCUT2D eigenvalue weighted by Gasteiger charge is 2.12. The van der Waals surface area contributed by atoms with Crippen LogP contribution in [0.15, 0.2) is 72.8 Å². The minimum atomic E-state index is 0.179.